The predicted octanol–water partition coefficient (Wildman–Crippen LogP) is -0.0883. The fourth-order valence-electron chi connectivity index (χ4n) is 1.15. The first-order valence-corrected chi connectivity index (χ1v) is 5.48. The maximum Gasteiger partial charge on any atom is 0.230 e. The summed E-state index contributed by atoms with van der Waals surface area (Å²) in [6, 6.07) is 0. The van der Waals surface area contributed by atoms with Crippen LogP contribution in [0.1, 0.15) is 19.8 Å². The molecular formula is C10H19N3O3. The van der Waals surface area contributed by atoms with Crippen LogP contribution < -0.4 is 11.1 Å². The Morgan fingerprint density at radius 1 is 1.69 bits per heavy atom. The van der Waals surface area contributed by atoms with Gasteiger partial charge in [0.2, 0.25) is 5.91 Å². The standard InChI is InChI=1S/C10H19N3O3/c1-7(9(11)13-15)10(14)12-4-5-16-6-8-2-3-8/h7-8,15H,2-6H2,1H3,(H2,11,13)(H,12,14). The summed E-state index contributed by atoms with van der Waals surface area (Å²) in [6.07, 6.45) is 2.51. The maximum absolute atomic E-state index is 11.4. The topological polar surface area (TPSA) is 96.9 Å². The lowest BCUT2D eigenvalue weighted by molar-refractivity contribution is -0.122. The molecule has 0 spiro atoms. The molecule has 1 unspecified atom stereocenters. The van der Waals surface area contributed by atoms with Gasteiger partial charge in [-0.2, -0.15) is 0 Å². The molecule has 6 heteroatoms. The number of nitrogens with zero attached hydrogens (tertiary/aromatic N) is 1. The molecular weight excluding hydrogens is 210 g/mol. The first-order valence-electron chi connectivity index (χ1n) is 5.48. The van der Waals surface area contributed by atoms with E-state index in [9.17, 15) is 4.79 Å². The molecule has 4 N–H and O–H groups in total. The first kappa shape index (κ1) is 12.8. The van der Waals surface area contributed by atoms with E-state index in [1.807, 2.05) is 0 Å². The van der Waals surface area contributed by atoms with Crippen molar-refractivity contribution in [3.05, 3.63) is 0 Å². The van der Waals surface area contributed by atoms with Crippen LogP contribution in [0.2, 0.25) is 0 Å². The number of amidine groups is 1. The third kappa shape index (κ3) is 4.48. The van der Waals surface area contributed by atoms with Gasteiger partial charge in [0.15, 0.2) is 5.84 Å². The lowest BCUT2D eigenvalue weighted by atomic mass is 10.1. The molecule has 0 heterocycles. The van der Waals surface area contributed by atoms with E-state index in [0.717, 1.165) is 12.5 Å². The second kappa shape index (κ2) is 6.32. The minimum Gasteiger partial charge on any atom is -0.409 e. The molecule has 1 atom stereocenters. The molecule has 1 saturated carbocycles. The van der Waals surface area contributed by atoms with Gasteiger partial charge in [0.05, 0.1) is 12.5 Å². The Morgan fingerprint density at radius 2 is 2.38 bits per heavy atom. The highest BCUT2D eigenvalue weighted by atomic mass is 16.5. The minimum atomic E-state index is -0.617. The molecule has 0 aromatic rings. The molecule has 0 saturated heterocycles. The van der Waals surface area contributed by atoms with Crippen LogP contribution in [0.5, 0.6) is 0 Å². The van der Waals surface area contributed by atoms with Gasteiger partial charge in [-0.1, -0.05) is 5.16 Å². The number of amides is 1. The zero-order valence-corrected chi connectivity index (χ0v) is 9.48. The van der Waals surface area contributed by atoms with Crippen LogP contribution in [-0.2, 0) is 9.53 Å². The predicted molar refractivity (Wildman–Crippen MR) is 59.1 cm³/mol. The molecule has 1 rings (SSSR count). The monoisotopic (exact) mass is 229 g/mol. The SMILES string of the molecule is CC(C(=O)NCCOCC1CC1)C(N)=NO. The smallest absolute Gasteiger partial charge is 0.230 e. The van der Waals surface area contributed by atoms with Crippen molar-refractivity contribution in [1.82, 2.24) is 5.32 Å². The Kier molecular flexibility index (Phi) is 5.04. The van der Waals surface area contributed by atoms with Crippen LogP contribution in [-0.4, -0.2) is 36.7 Å². The van der Waals surface area contributed by atoms with Crippen LogP contribution in [0.4, 0.5) is 0 Å². The van der Waals surface area contributed by atoms with Crippen molar-refractivity contribution in [2.24, 2.45) is 22.7 Å². The Morgan fingerprint density at radius 3 is 2.94 bits per heavy atom. The summed E-state index contributed by atoms with van der Waals surface area (Å²) in [5.41, 5.74) is 5.30. The van der Waals surface area contributed by atoms with E-state index in [1.54, 1.807) is 6.92 Å². The summed E-state index contributed by atoms with van der Waals surface area (Å²) in [7, 11) is 0. The van der Waals surface area contributed by atoms with E-state index >= 15 is 0 Å². The van der Waals surface area contributed by atoms with Gasteiger partial charge in [-0.3, -0.25) is 4.79 Å². The number of nitrogens with two attached hydrogens (primary N) is 1. The van der Waals surface area contributed by atoms with Gasteiger partial charge in [-0.15, -0.1) is 0 Å². The van der Waals surface area contributed by atoms with E-state index in [4.69, 9.17) is 15.7 Å². The van der Waals surface area contributed by atoms with Gasteiger partial charge in [-0.25, -0.2) is 0 Å². The molecule has 0 aliphatic heterocycles. The number of rotatable bonds is 7. The average molecular weight is 229 g/mol. The number of carbonyl (C=O) groups excluding carboxylic acids is 1. The zero-order valence-electron chi connectivity index (χ0n) is 9.48. The van der Waals surface area contributed by atoms with Crippen molar-refractivity contribution in [1.29, 1.82) is 0 Å². The van der Waals surface area contributed by atoms with Crippen LogP contribution >= 0.6 is 0 Å². The van der Waals surface area contributed by atoms with Crippen molar-refractivity contribution in [2.45, 2.75) is 19.8 Å². The highest BCUT2D eigenvalue weighted by Crippen LogP contribution is 2.28. The third-order valence-corrected chi connectivity index (χ3v) is 2.55. The van der Waals surface area contributed by atoms with Gasteiger partial charge < -0.3 is 21.0 Å². The molecule has 1 amide bonds. The number of oxime groups is 1. The van der Waals surface area contributed by atoms with Gasteiger partial charge in [0, 0.05) is 13.2 Å². The zero-order chi connectivity index (χ0) is 12.0. The molecule has 0 bridgehead atoms. The molecule has 0 aromatic carbocycles. The van der Waals surface area contributed by atoms with Gasteiger partial charge >= 0.3 is 0 Å². The summed E-state index contributed by atoms with van der Waals surface area (Å²) in [5.74, 6) is -0.234. The average Bonchev–Trinajstić information content (AvgIpc) is 3.10. The first-order chi connectivity index (χ1) is 7.65. The normalized spacial score (nSPS) is 18.2. The van der Waals surface area contributed by atoms with Gasteiger partial charge in [0.1, 0.15) is 0 Å². The molecule has 0 aromatic heterocycles. The lowest BCUT2D eigenvalue weighted by Gasteiger charge is -2.10. The maximum atomic E-state index is 11.4. The van der Waals surface area contributed by atoms with E-state index in [-0.39, 0.29) is 11.7 Å². The molecule has 6 nitrogen and oxygen atoms in total. The fourth-order valence-corrected chi connectivity index (χ4v) is 1.15. The number of carbonyl (C=O) groups is 1. The number of hydrogen-bond acceptors (Lipinski definition) is 4. The summed E-state index contributed by atoms with van der Waals surface area (Å²) < 4.78 is 5.35. The highest BCUT2D eigenvalue weighted by Gasteiger charge is 2.21. The fraction of sp³-hybridized carbons (Fsp3) is 0.800. The van der Waals surface area contributed by atoms with Crippen LogP contribution in [0.15, 0.2) is 5.16 Å². The summed E-state index contributed by atoms with van der Waals surface area (Å²) in [5, 5.41) is 13.8. The third-order valence-electron chi connectivity index (χ3n) is 2.55. The Balaban J connectivity index is 2.04. The number of ether oxygens (including phenoxy) is 1. The van der Waals surface area contributed by atoms with E-state index in [1.165, 1.54) is 12.8 Å². The van der Waals surface area contributed by atoms with Crippen molar-refractivity contribution in [3.63, 3.8) is 0 Å². The molecule has 92 valence electrons. The quantitative estimate of drug-likeness (QED) is 0.187. The number of hydrogen-bond donors (Lipinski definition) is 3. The molecule has 1 fully saturated rings. The largest absolute Gasteiger partial charge is 0.409 e. The summed E-state index contributed by atoms with van der Waals surface area (Å²) >= 11 is 0. The Hall–Kier alpha value is -1.30. The van der Waals surface area contributed by atoms with Crippen LogP contribution in [0.25, 0.3) is 0 Å². The lowest BCUT2D eigenvalue weighted by Crippen LogP contribution is -2.38. The van der Waals surface area contributed by atoms with Crippen molar-refractivity contribution >= 4 is 11.7 Å². The highest BCUT2D eigenvalue weighted by molar-refractivity contribution is 6.01. The second-order valence-corrected chi connectivity index (χ2v) is 4.06. The summed E-state index contributed by atoms with van der Waals surface area (Å²) in [6.45, 7) is 3.32. The molecule has 16 heavy (non-hydrogen) atoms. The minimum absolute atomic E-state index is 0.0867. The second-order valence-electron chi connectivity index (χ2n) is 4.06. The van der Waals surface area contributed by atoms with E-state index in [0.29, 0.717) is 13.2 Å². The van der Waals surface area contributed by atoms with E-state index < -0.39 is 5.92 Å². The van der Waals surface area contributed by atoms with E-state index in [2.05, 4.69) is 10.5 Å². The van der Waals surface area contributed by atoms with Gasteiger partial charge in [0.25, 0.3) is 0 Å². The summed E-state index contributed by atoms with van der Waals surface area (Å²) in [4.78, 5) is 11.4. The van der Waals surface area contributed by atoms with Crippen LogP contribution in [0.3, 0.4) is 0 Å². The van der Waals surface area contributed by atoms with Crippen LogP contribution in [0, 0.1) is 11.8 Å². The van der Waals surface area contributed by atoms with Gasteiger partial charge in [-0.05, 0) is 25.7 Å². The number of nitrogens with one attached hydrogen (secondary N) is 1. The van der Waals surface area contributed by atoms with Crippen molar-refractivity contribution in [3.8, 4) is 0 Å². The van der Waals surface area contributed by atoms with Crippen molar-refractivity contribution in [2.75, 3.05) is 19.8 Å². The van der Waals surface area contributed by atoms with Crippen molar-refractivity contribution < 1.29 is 14.7 Å². The Bertz CT molecular complexity index is 264. The Labute approximate surface area is 94.8 Å². The molecule has 1 aliphatic carbocycles. The molecule has 1 aliphatic rings. The molecule has 0 radical (unpaired) electrons.